The largest absolute Gasteiger partial charge is 0.507 e. The van der Waals surface area contributed by atoms with E-state index >= 15 is 0 Å². The summed E-state index contributed by atoms with van der Waals surface area (Å²) in [5.74, 6) is 1.38. The van der Waals surface area contributed by atoms with Gasteiger partial charge in [-0.2, -0.15) is 0 Å². The first-order chi connectivity index (χ1) is 25.6. The molecule has 6 aromatic rings. The lowest BCUT2D eigenvalue weighted by Crippen LogP contribution is -2.30. The Morgan fingerprint density at radius 2 is 1.60 bits per heavy atom. The van der Waals surface area contributed by atoms with Crippen LogP contribution in [0.3, 0.4) is 0 Å². The molecule has 3 N–H and O–H groups in total. The number of rotatable bonds is 14. The highest BCUT2D eigenvalue weighted by Gasteiger charge is 2.24. The third kappa shape index (κ3) is 8.43. The van der Waals surface area contributed by atoms with Crippen LogP contribution in [0, 0.1) is 10.1 Å². The van der Waals surface area contributed by atoms with Gasteiger partial charge in [-0.1, -0.05) is 36.4 Å². The molecule has 0 bridgehead atoms. The molecule has 6 rings (SSSR count). The van der Waals surface area contributed by atoms with Gasteiger partial charge >= 0.3 is 0 Å². The van der Waals surface area contributed by atoms with E-state index in [-0.39, 0.29) is 17.0 Å². The van der Waals surface area contributed by atoms with Gasteiger partial charge in [0.1, 0.15) is 34.9 Å². The predicted molar refractivity (Wildman–Crippen MR) is 201 cm³/mol. The van der Waals surface area contributed by atoms with Crippen molar-refractivity contribution in [1.82, 2.24) is 9.71 Å². The molecule has 1 aromatic heterocycles. The first-order valence-electron chi connectivity index (χ1n) is 16.0. The Kier molecular flexibility index (Phi) is 11.0. The quantitative estimate of drug-likeness (QED) is 0.0429. The van der Waals surface area contributed by atoms with E-state index in [2.05, 4.69) is 10.3 Å². The number of anilines is 1. The molecule has 15 heteroatoms. The minimum atomic E-state index is -4.46. The molecular weight excluding hydrogens is 721 g/mol. The Bertz CT molecular complexity index is 2380. The lowest BCUT2D eigenvalue weighted by molar-refractivity contribution is -0.384. The molecule has 1 heterocycles. The number of phenols is 1. The van der Waals surface area contributed by atoms with Crippen molar-refractivity contribution in [3.63, 3.8) is 0 Å². The second kappa shape index (κ2) is 15.9. The highest BCUT2D eigenvalue weighted by Crippen LogP contribution is 2.35. The van der Waals surface area contributed by atoms with Gasteiger partial charge in [0.25, 0.3) is 21.6 Å². The van der Waals surface area contributed by atoms with Crippen LogP contribution < -0.4 is 19.5 Å². The van der Waals surface area contributed by atoms with Gasteiger partial charge in [-0.25, -0.2) is 18.1 Å². The number of nitro groups is 1. The summed E-state index contributed by atoms with van der Waals surface area (Å²) in [5, 5.41) is 24.6. The number of aromatic nitrogens is 1. The lowest BCUT2D eigenvalue weighted by Gasteiger charge is -2.11. The minimum Gasteiger partial charge on any atom is -0.507 e. The summed E-state index contributed by atoms with van der Waals surface area (Å²) < 4.78 is 44.8. The Labute approximate surface area is 308 Å². The average Bonchev–Trinajstić information content (AvgIpc) is 3.67. The van der Waals surface area contributed by atoms with Crippen LogP contribution in [0.5, 0.6) is 17.2 Å². The van der Waals surface area contributed by atoms with Crippen LogP contribution in [0.1, 0.15) is 10.4 Å². The fraction of sp³-hybridized carbons (Fsp3) is 0.105. The number of carbonyl (C=O) groups excluding carboxylic acids is 1. The minimum absolute atomic E-state index is 0.0731. The number of nitrogens with one attached hydrogen (secondary N) is 2. The number of oxazole rings is 1. The van der Waals surface area contributed by atoms with E-state index in [1.54, 1.807) is 69.0 Å². The average molecular weight is 753 g/mol. The van der Waals surface area contributed by atoms with Crippen molar-refractivity contribution in [3.05, 3.63) is 131 Å². The van der Waals surface area contributed by atoms with Crippen molar-refractivity contribution < 1.29 is 37.1 Å². The van der Waals surface area contributed by atoms with E-state index in [0.29, 0.717) is 40.3 Å². The Morgan fingerprint density at radius 3 is 2.28 bits per heavy atom. The van der Waals surface area contributed by atoms with Crippen LogP contribution in [0.25, 0.3) is 33.8 Å². The maximum Gasteiger partial charge on any atom is 0.293 e. The van der Waals surface area contributed by atoms with Crippen molar-refractivity contribution in [2.75, 3.05) is 31.8 Å². The van der Waals surface area contributed by atoms with Gasteiger partial charge in [0.15, 0.2) is 0 Å². The number of benzene rings is 5. The predicted octanol–water partition coefficient (Wildman–Crippen LogP) is 7.63. The molecule has 0 aliphatic rings. The van der Waals surface area contributed by atoms with Gasteiger partial charge in [0, 0.05) is 39.9 Å². The number of para-hydroxylation sites is 1. The fourth-order valence-corrected chi connectivity index (χ4v) is 7.12. The fourth-order valence-electron chi connectivity index (χ4n) is 5.31. The van der Waals surface area contributed by atoms with E-state index < -0.39 is 31.4 Å². The van der Waals surface area contributed by atoms with Crippen LogP contribution in [0.15, 0.2) is 130 Å². The zero-order chi connectivity index (χ0) is 37.5. The summed E-state index contributed by atoms with van der Waals surface area (Å²) in [7, 11) is -1.30. The summed E-state index contributed by atoms with van der Waals surface area (Å²) >= 11 is 1.36. The number of nitro benzene ring substituents is 1. The van der Waals surface area contributed by atoms with Crippen molar-refractivity contribution >= 4 is 39.1 Å². The summed E-state index contributed by atoms with van der Waals surface area (Å²) in [4.78, 5) is 28.9. The summed E-state index contributed by atoms with van der Waals surface area (Å²) in [6.45, 7) is 0.298. The maximum atomic E-state index is 13.1. The zero-order valence-corrected chi connectivity index (χ0v) is 29.9. The Balaban J connectivity index is 1.09. The summed E-state index contributed by atoms with van der Waals surface area (Å²) in [6, 6.07) is 29.3. The topological polar surface area (TPSA) is 183 Å². The van der Waals surface area contributed by atoms with Crippen LogP contribution >= 0.6 is 11.8 Å². The number of nitrogens with zero attached hydrogens (tertiary/aromatic N) is 2. The van der Waals surface area contributed by atoms with E-state index in [9.17, 15) is 28.4 Å². The SMILES string of the molecule is COc1ccc(OC)c(-c2coc(-c3ccc(-c4ccc(C(=O)NS(=O)(=O)c5ccc(NCCSc6ccccc6O)c([N+](=O)[O-])c5)cc4)cc3)n2)c1. The van der Waals surface area contributed by atoms with Gasteiger partial charge in [-0.3, -0.25) is 14.9 Å². The van der Waals surface area contributed by atoms with Gasteiger partial charge in [-0.05, 0) is 77.9 Å². The maximum absolute atomic E-state index is 13.1. The molecule has 0 saturated carbocycles. The van der Waals surface area contributed by atoms with E-state index in [4.69, 9.17) is 13.9 Å². The van der Waals surface area contributed by atoms with E-state index in [0.717, 1.165) is 28.3 Å². The number of amides is 1. The summed E-state index contributed by atoms with van der Waals surface area (Å²) in [5.41, 5.74) is 3.34. The summed E-state index contributed by atoms with van der Waals surface area (Å²) in [6.07, 6.45) is 1.54. The number of phenolic OH excluding ortho intramolecular Hbond substituents is 1. The van der Waals surface area contributed by atoms with Crippen molar-refractivity contribution in [2.24, 2.45) is 0 Å². The van der Waals surface area contributed by atoms with Crippen LogP contribution in [-0.4, -0.2) is 55.9 Å². The van der Waals surface area contributed by atoms with Gasteiger partial charge < -0.3 is 24.3 Å². The number of thioether (sulfide) groups is 1. The first kappa shape index (κ1) is 36.5. The van der Waals surface area contributed by atoms with E-state index in [1.165, 1.54) is 36.0 Å². The van der Waals surface area contributed by atoms with Crippen LogP contribution in [0.2, 0.25) is 0 Å². The van der Waals surface area contributed by atoms with Crippen LogP contribution in [-0.2, 0) is 10.0 Å². The van der Waals surface area contributed by atoms with Crippen LogP contribution in [0.4, 0.5) is 11.4 Å². The molecule has 0 spiro atoms. The standard InChI is InChI=1S/C38H32N4O9S2/c1-49-28-15-18-35(50-2)30(21-28)32-23-51-38(40-32)27-13-9-25(10-14-27)24-7-11-26(12-8-24)37(44)41-53(47,48)29-16-17-31(33(22-29)42(45)46)39-19-20-52-36-6-4-3-5-34(36)43/h3-18,21-23,39,43H,19-20H2,1-2H3,(H,41,44). The molecule has 0 aliphatic carbocycles. The van der Waals surface area contributed by atoms with Gasteiger partial charge in [-0.15, -0.1) is 11.8 Å². The third-order valence-corrected chi connectivity index (χ3v) is 10.4. The number of hydrogen-bond donors (Lipinski definition) is 3. The number of methoxy groups -OCH3 is 2. The highest BCUT2D eigenvalue weighted by molar-refractivity contribution is 7.99. The third-order valence-electron chi connectivity index (χ3n) is 8.04. The van der Waals surface area contributed by atoms with Gasteiger partial charge in [0.2, 0.25) is 5.89 Å². The highest BCUT2D eigenvalue weighted by atomic mass is 32.2. The number of sulfonamides is 1. The number of carbonyl (C=O) groups is 1. The smallest absolute Gasteiger partial charge is 0.293 e. The molecule has 1 amide bonds. The molecule has 270 valence electrons. The lowest BCUT2D eigenvalue weighted by atomic mass is 10.0. The van der Waals surface area contributed by atoms with Crippen molar-refractivity contribution in [1.29, 1.82) is 0 Å². The number of aromatic hydroxyl groups is 1. The first-order valence-corrected chi connectivity index (χ1v) is 18.4. The molecule has 0 aliphatic heterocycles. The molecule has 53 heavy (non-hydrogen) atoms. The molecule has 0 fully saturated rings. The number of ether oxygens (including phenoxy) is 2. The van der Waals surface area contributed by atoms with Crippen molar-refractivity contribution in [3.8, 4) is 51.1 Å². The number of hydrogen-bond acceptors (Lipinski definition) is 12. The molecular formula is C38H32N4O9S2. The zero-order valence-electron chi connectivity index (χ0n) is 28.3. The Morgan fingerprint density at radius 1 is 0.906 bits per heavy atom. The Hall–Kier alpha value is -6.32. The monoisotopic (exact) mass is 752 g/mol. The molecule has 5 aromatic carbocycles. The van der Waals surface area contributed by atoms with E-state index in [1.807, 2.05) is 35.1 Å². The second-order valence-corrected chi connectivity index (χ2v) is 14.2. The molecule has 0 saturated heterocycles. The molecule has 0 radical (unpaired) electrons. The second-order valence-electron chi connectivity index (χ2n) is 11.4. The molecule has 13 nitrogen and oxygen atoms in total. The molecule has 0 atom stereocenters. The molecule has 0 unspecified atom stereocenters. The normalized spacial score (nSPS) is 11.1. The van der Waals surface area contributed by atoms with Gasteiger partial charge in [0.05, 0.1) is 24.0 Å². The van der Waals surface area contributed by atoms with Crippen molar-refractivity contribution in [2.45, 2.75) is 9.79 Å².